The molecule has 1 fully saturated rings. The van der Waals surface area contributed by atoms with Gasteiger partial charge in [0.2, 0.25) is 0 Å². The van der Waals surface area contributed by atoms with Crippen molar-refractivity contribution in [3.05, 3.63) is 0 Å². The lowest BCUT2D eigenvalue weighted by molar-refractivity contribution is -0.699. The summed E-state index contributed by atoms with van der Waals surface area (Å²) in [5, 5.41) is 10.9. The number of hydrogen-bond donors (Lipinski definition) is 1. The summed E-state index contributed by atoms with van der Waals surface area (Å²) >= 11 is 0. The smallest absolute Gasteiger partial charge is 0.0990 e. The Kier molecular flexibility index (Phi) is 2.07. The van der Waals surface area contributed by atoms with Crippen molar-refractivity contribution in [2.45, 2.75) is 25.8 Å². The highest BCUT2D eigenvalue weighted by molar-refractivity contribution is 4.87. The summed E-state index contributed by atoms with van der Waals surface area (Å²) in [4.78, 5) is 0. The van der Waals surface area contributed by atoms with E-state index in [0.717, 1.165) is 6.42 Å². The maximum atomic E-state index is 8.59. The fourth-order valence-electron chi connectivity index (χ4n) is 1.33. The van der Waals surface area contributed by atoms with Crippen molar-refractivity contribution in [1.82, 2.24) is 0 Å². The molecule has 0 saturated carbocycles. The molecule has 0 unspecified atom stereocenters. The first-order valence-corrected chi connectivity index (χ1v) is 3.57. The number of quaternary nitrogens is 1. The molecule has 1 rings (SSSR count). The lowest BCUT2D eigenvalue weighted by atomic mass is 9.94. The topological polar surface area (TPSA) is 40.4 Å². The van der Waals surface area contributed by atoms with Gasteiger partial charge in [-0.1, -0.05) is 0 Å². The summed E-state index contributed by atoms with van der Waals surface area (Å²) in [6, 6.07) is 2.85. The van der Waals surface area contributed by atoms with Crippen LogP contribution in [-0.4, -0.2) is 12.6 Å². The van der Waals surface area contributed by atoms with E-state index in [1.165, 1.54) is 13.0 Å². The summed E-state index contributed by atoms with van der Waals surface area (Å²) in [6.45, 7) is 3.34. The zero-order valence-corrected chi connectivity index (χ0v) is 5.80. The fraction of sp³-hybridized carbons (Fsp3) is 0.857. The van der Waals surface area contributed by atoms with Gasteiger partial charge in [0.1, 0.15) is 0 Å². The molecule has 1 saturated heterocycles. The fourth-order valence-corrected chi connectivity index (χ4v) is 1.33. The van der Waals surface area contributed by atoms with Gasteiger partial charge >= 0.3 is 0 Å². The van der Waals surface area contributed by atoms with E-state index in [-0.39, 0.29) is 0 Å². The number of nitriles is 1. The number of rotatable bonds is 0. The first-order chi connectivity index (χ1) is 4.34. The lowest BCUT2D eigenvalue weighted by Gasteiger charge is -2.20. The molecule has 50 valence electrons. The Labute approximate surface area is 55.9 Å². The molecule has 1 aliphatic heterocycles. The van der Waals surface area contributed by atoms with Gasteiger partial charge < -0.3 is 5.32 Å². The van der Waals surface area contributed by atoms with Gasteiger partial charge in [-0.05, 0) is 19.8 Å². The Morgan fingerprint density at radius 2 is 2.44 bits per heavy atom. The lowest BCUT2D eigenvalue weighted by Crippen LogP contribution is -2.92. The Balaban J connectivity index is 2.41. The van der Waals surface area contributed by atoms with Gasteiger partial charge in [-0.15, -0.1) is 0 Å². The van der Waals surface area contributed by atoms with Crippen molar-refractivity contribution in [3.63, 3.8) is 0 Å². The minimum Gasteiger partial charge on any atom is -0.343 e. The van der Waals surface area contributed by atoms with E-state index in [9.17, 15) is 0 Å². The van der Waals surface area contributed by atoms with Crippen LogP contribution in [0.5, 0.6) is 0 Å². The predicted octanol–water partition coefficient (Wildman–Crippen LogP) is -0.128. The average molecular weight is 125 g/mol. The quantitative estimate of drug-likeness (QED) is 0.481. The van der Waals surface area contributed by atoms with Gasteiger partial charge in [0, 0.05) is 0 Å². The van der Waals surface area contributed by atoms with Gasteiger partial charge in [0.05, 0.1) is 24.6 Å². The van der Waals surface area contributed by atoms with Crippen molar-refractivity contribution < 1.29 is 5.32 Å². The summed E-state index contributed by atoms with van der Waals surface area (Å²) in [5.41, 5.74) is 0. The summed E-state index contributed by atoms with van der Waals surface area (Å²) < 4.78 is 0. The molecular formula is C7H13N2+. The minimum absolute atomic E-state index is 0.304. The van der Waals surface area contributed by atoms with Gasteiger partial charge in [-0.25, -0.2) is 0 Å². The van der Waals surface area contributed by atoms with Crippen LogP contribution in [0.25, 0.3) is 0 Å². The van der Waals surface area contributed by atoms with Crippen LogP contribution in [0.1, 0.15) is 19.8 Å². The van der Waals surface area contributed by atoms with Crippen LogP contribution in [0.3, 0.4) is 0 Å². The average Bonchev–Trinajstić information content (AvgIpc) is 1.89. The molecule has 2 atom stereocenters. The molecule has 0 aromatic carbocycles. The van der Waals surface area contributed by atoms with E-state index in [1.807, 2.05) is 0 Å². The molecule has 2 nitrogen and oxygen atoms in total. The minimum atomic E-state index is 0.304. The van der Waals surface area contributed by atoms with Gasteiger partial charge in [0.25, 0.3) is 0 Å². The molecular weight excluding hydrogens is 112 g/mol. The van der Waals surface area contributed by atoms with Crippen molar-refractivity contribution in [2.24, 2.45) is 5.92 Å². The molecule has 1 aliphatic rings. The molecule has 2 heteroatoms. The Hall–Kier alpha value is -0.550. The van der Waals surface area contributed by atoms with E-state index < -0.39 is 0 Å². The first-order valence-electron chi connectivity index (χ1n) is 3.57. The summed E-state index contributed by atoms with van der Waals surface area (Å²) in [7, 11) is 0. The van der Waals surface area contributed by atoms with Crippen LogP contribution in [0.15, 0.2) is 0 Å². The second-order valence-corrected chi connectivity index (χ2v) is 2.76. The second-order valence-electron chi connectivity index (χ2n) is 2.76. The third kappa shape index (κ3) is 1.43. The van der Waals surface area contributed by atoms with Gasteiger partial charge in [-0.3, -0.25) is 0 Å². The number of nitrogens with two attached hydrogens (primary N) is 1. The molecule has 0 radical (unpaired) electrons. The maximum Gasteiger partial charge on any atom is 0.0990 e. The van der Waals surface area contributed by atoms with E-state index in [2.05, 4.69) is 18.3 Å². The highest BCUT2D eigenvalue weighted by Crippen LogP contribution is 2.09. The van der Waals surface area contributed by atoms with Crippen molar-refractivity contribution >= 4 is 0 Å². The van der Waals surface area contributed by atoms with Crippen LogP contribution in [0.2, 0.25) is 0 Å². The number of nitrogens with zero attached hydrogens (tertiary/aromatic N) is 1. The van der Waals surface area contributed by atoms with E-state index in [4.69, 9.17) is 5.26 Å². The maximum absolute atomic E-state index is 8.59. The van der Waals surface area contributed by atoms with Gasteiger partial charge in [0.15, 0.2) is 0 Å². The Bertz CT molecular complexity index is 125. The number of piperidine rings is 1. The van der Waals surface area contributed by atoms with E-state index in [0.29, 0.717) is 12.0 Å². The standard InChI is InChI=1S/C7H12N2/c1-6-7(5-8)3-2-4-9-6/h6-7,9H,2-4H2,1H3/p+1/t6-,7-/m1/s1. The number of hydrogen-bond acceptors (Lipinski definition) is 1. The monoisotopic (exact) mass is 125 g/mol. The van der Waals surface area contributed by atoms with Crippen LogP contribution in [0.4, 0.5) is 0 Å². The normalized spacial score (nSPS) is 35.6. The van der Waals surface area contributed by atoms with Crippen molar-refractivity contribution in [3.8, 4) is 6.07 Å². The van der Waals surface area contributed by atoms with E-state index >= 15 is 0 Å². The molecule has 0 aromatic rings. The summed E-state index contributed by atoms with van der Waals surface area (Å²) in [6.07, 6.45) is 2.32. The SMILES string of the molecule is C[C@H]1[NH2+]CCC[C@@H]1C#N. The first kappa shape index (κ1) is 6.57. The zero-order valence-electron chi connectivity index (χ0n) is 5.80. The molecule has 2 N–H and O–H groups in total. The third-order valence-corrected chi connectivity index (χ3v) is 2.06. The molecule has 9 heavy (non-hydrogen) atoms. The van der Waals surface area contributed by atoms with E-state index in [1.54, 1.807) is 0 Å². The summed E-state index contributed by atoms with van der Waals surface area (Å²) in [5.74, 6) is 0.304. The van der Waals surface area contributed by atoms with Crippen LogP contribution in [0, 0.1) is 17.2 Å². The molecule has 0 spiro atoms. The highest BCUT2D eigenvalue weighted by atomic mass is 14.9. The second kappa shape index (κ2) is 2.84. The third-order valence-electron chi connectivity index (χ3n) is 2.06. The molecule has 1 heterocycles. The van der Waals surface area contributed by atoms with Gasteiger partial charge in [-0.2, -0.15) is 5.26 Å². The molecule has 0 aliphatic carbocycles. The molecule has 0 amide bonds. The van der Waals surface area contributed by atoms with Crippen LogP contribution < -0.4 is 5.32 Å². The van der Waals surface area contributed by atoms with Crippen LogP contribution >= 0.6 is 0 Å². The molecule has 0 bridgehead atoms. The zero-order chi connectivity index (χ0) is 6.69. The Morgan fingerprint density at radius 3 is 2.89 bits per heavy atom. The predicted molar refractivity (Wildman–Crippen MR) is 34.6 cm³/mol. The largest absolute Gasteiger partial charge is 0.343 e. The van der Waals surface area contributed by atoms with Crippen LogP contribution in [-0.2, 0) is 0 Å². The highest BCUT2D eigenvalue weighted by Gasteiger charge is 2.22. The Morgan fingerprint density at radius 1 is 1.67 bits per heavy atom. The van der Waals surface area contributed by atoms with Crippen molar-refractivity contribution in [2.75, 3.05) is 6.54 Å². The van der Waals surface area contributed by atoms with Crippen molar-refractivity contribution in [1.29, 1.82) is 5.26 Å². The molecule has 0 aromatic heterocycles.